The van der Waals surface area contributed by atoms with Gasteiger partial charge in [-0.1, -0.05) is 18.2 Å². The Labute approximate surface area is 148 Å². The van der Waals surface area contributed by atoms with Crippen LogP contribution >= 0.6 is 0 Å². The Hall–Kier alpha value is -2.46. The Balaban J connectivity index is 2.20. The number of alkyl halides is 3. The zero-order valence-electron chi connectivity index (χ0n) is 13.8. The summed E-state index contributed by atoms with van der Waals surface area (Å²) in [4.78, 5) is 15.2. The molecule has 2 aromatic rings. The van der Waals surface area contributed by atoms with E-state index in [-0.39, 0.29) is 5.82 Å². The third-order valence-electron chi connectivity index (χ3n) is 3.35. The fourth-order valence-corrected chi connectivity index (χ4v) is 3.56. The van der Waals surface area contributed by atoms with E-state index < -0.39 is 38.6 Å². The standard InChI is InChI=1S/C16H16F3N3O3S/c1-10-6-5-9-14(20-10)21-15(23)11(2)22-26(24,25)13-8-4-3-7-12(13)16(17,18)19/h3-9,11,22H,1-2H3,(H,20,21,23)/t11-/m1/s1. The zero-order chi connectivity index (χ0) is 19.5. The van der Waals surface area contributed by atoms with Crippen LogP contribution in [0.2, 0.25) is 0 Å². The van der Waals surface area contributed by atoms with E-state index in [0.29, 0.717) is 11.8 Å². The van der Waals surface area contributed by atoms with E-state index in [0.717, 1.165) is 12.1 Å². The first-order chi connectivity index (χ1) is 12.0. The number of amides is 1. The van der Waals surface area contributed by atoms with Crippen LogP contribution in [0.4, 0.5) is 19.0 Å². The van der Waals surface area contributed by atoms with Crippen LogP contribution in [0, 0.1) is 6.92 Å². The Bertz CT molecular complexity index is 914. The first-order valence-electron chi connectivity index (χ1n) is 7.44. The normalized spacial score (nSPS) is 13.3. The molecule has 0 saturated heterocycles. The molecule has 2 N–H and O–H groups in total. The van der Waals surface area contributed by atoms with Gasteiger partial charge in [0.05, 0.1) is 16.5 Å². The number of halogens is 3. The third kappa shape index (κ3) is 4.79. The van der Waals surface area contributed by atoms with E-state index >= 15 is 0 Å². The molecule has 140 valence electrons. The number of carbonyl (C=O) groups is 1. The van der Waals surface area contributed by atoms with Gasteiger partial charge in [-0.2, -0.15) is 17.9 Å². The molecule has 10 heteroatoms. The molecule has 2 rings (SSSR count). The lowest BCUT2D eigenvalue weighted by molar-refractivity contribution is -0.139. The van der Waals surface area contributed by atoms with E-state index in [1.165, 1.54) is 19.1 Å². The second kappa shape index (κ2) is 7.42. The Morgan fingerprint density at radius 1 is 1.12 bits per heavy atom. The van der Waals surface area contributed by atoms with Crippen LogP contribution in [-0.2, 0) is 21.0 Å². The van der Waals surface area contributed by atoms with Crippen molar-refractivity contribution in [2.45, 2.75) is 31.0 Å². The maximum absolute atomic E-state index is 13.0. The van der Waals surface area contributed by atoms with Crippen molar-refractivity contribution in [2.75, 3.05) is 5.32 Å². The lowest BCUT2D eigenvalue weighted by Crippen LogP contribution is -2.42. The van der Waals surface area contributed by atoms with E-state index in [2.05, 4.69) is 10.3 Å². The maximum atomic E-state index is 13.0. The minimum atomic E-state index is -4.84. The summed E-state index contributed by atoms with van der Waals surface area (Å²) in [5.74, 6) is -0.548. The number of hydrogen-bond acceptors (Lipinski definition) is 4. The lowest BCUT2D eigenvalue weighted by atomic mass is 10.2. The second-order valence-corrected chi connectivity index (χ2v) is 7.17. The first kappa shape index (κ1) is 19.9. The Morgan fingerprint density at radius 3 is 2.38 bits per heavy atom. The predicted molar refractivity (Wildman–Crippen MR) is 88.8 cm³/mol. The number of sulfonamides is 1. The lowest BCUT2D eigenvalue weighted by Gasteiger charge is -2.17. The third-order valence-corrected chi connectivity index (χ3v) is 4.95. The van der Waals surface area contributed by atoms with Crippen LogP contribution in [0.5, 0.6) is 0 Å². The average Bonchev–Trinajstić information content (AvgIpc) is 2.53. The summed E-state index contributed by atoms with van der Waals surface area (Å²) in [6.45, 7) is 2.93. The molecule has 6 nitrogen and oxygen atoms in total. The predicted octanol–water partition coefficient (Wildman–Crippen LogP) is 2.71. The Kier molecular flexibility index (Phi) is 5.67. The van der Waals surface area contributed by atoms with E-state index in [1.54, 1.807) is 19.1 Å². The molecule has 1 aromatic heterocycles. The summed E-state index contributed by atoms with van der Waals surface area (Å²) >= 11 is 0. The van der Waals surface area contributed by atoms with Crippen LogP contribution < -0.4 is 10.0 Å². The molecule has 0 aliphatic rings. The van der Waals surface area contributed by atoms with Crippen LogP contribution in [0.25, 0.3) is 0 Å². The number of hydrogen-bond donors (Lipinski definition) is 2. The smallest absolute Gasteiger partial charge is 0.309 e. The highest BCUT2D eigenvalue weighted by Crippen LogP contribution is 2.33. The molecule has 0 radical (unpaired) electrons. The fourth-order valence-electron chi connectivity index (χ4n) is 2.13. The molecule has 0 saturated carbocycles. The minimum Gasteiger partial charge on any atom is -0.309 e. The van der Waals surface area contributed by atoms with Gasteiger partial charge in [0.25, 0.3) is 0 Å². The molecule has 0 unspecified atom stereocenters. The van der Waals surface area contributed by atoms with Gasteiger partial charge in [-0.05, 0) is 38.1 Å². The quantitative estimate of drug-likeness (QED) is 0.826. The molecule has 1 atom stereocenters. The maximum Gasteiger partial charge on any atom is 0.417 e. The topological polar surface area (TPSA) is 88.2 Å². The fraction of sp³-hybridized carbons (Fsp3) is 0.250. The SMILES string of the molecule is Cc1cccc(NC(=O)[C@@H](C)NS(=O)(=O)c2ccccc2C(F)(F)F)n1. The van der Waals surface area contributed by atoms with Crippen LogP contribution in [0.15, 0.2) is 47.4 Å². The summed E-state index contributed by atoms with van der Waals surface area (Å²) < 4.78 is 65.6. The van der Waals surface area contributed by atoms with Gasteiger partial charge in [-0.3, -0.25) is 4.79 Å². The van der Waals surface area contributed by atoms with Gasteiger partial charge in [0, 0.05) is 5.69 Å². The van der Waals surface area contributed by atoms with Crippen molar-refractivity contribution in [3.8, 4) is 0 Å². The van der Waals surface area contributed by atoms with Gasteiger partial charge < -0.3 is 5.32 Å². The molecule has 0 aliphatic carbocycles. The number of aromatic nitrogens is 1. The summed E-state index contributed by atoms with van der Waals surface area (Å²) in [5, 5.41) is 2.40. The number of pyridine rings is 1. The van der Waals surface area contributed by atoms with Gasteiger partial charge in [-0.15, -0.1) is 0 Å². The van der Waals surface area contributed by atoms with Crippen molar-refractivity contribution in [1.29, 1.82) is 0 Å². The zero-order valence-corrected chi connectivity index (χ0v) is 14.6. The molecule has 0 fully saturated rings. The molecule has 26 heavy (non-hydrogen) atoms. The van der Waals surface area contributed by atoms with Crippen molar-refractivity contribution < 1.29 is 26.4 Å². The monoisotopic (exact) mass is 387 g/mol. The second-order valence-electron chi connectivity index (χ2n) is 5.49. The van der Waals surface area contributed by atoms with Crippen molar-refractivity contribution >= 4 is 21.7 Å². The number of benzene rings is 1. The van der Waals surface area contributed by atoms with E-state index in [4.69, 9.17) is 0 Å². The van der Waals surface area contributed by atoms with Gasteiger partial charge in [0.15, 0.2) is 0 Å². The summed E-state index contributed by atoms with van der Waals surface area (Å²) in [5.41, 5.74) is -0.671. The largest absolute Gasteiger partial charge is 0.417 e. The van der Waals surface area contributed by atoms with E-state index in [1.807, 2.05) is 4.72 Å². The van der Waals surface area contributed by atoms with Crippen molar-refractivity contribution in [3.05, 3.63) is 53.7 Å². The van der Waals surface area contributed by atoms with Gasteiger partial charge in [0.1, 0.15) is 5.82 Å². The molecule has 0 aliphatic heterocycles. The number of aryl methyl sites for hydroxylation is 1. The van der Waals surface area contributed by atoms with Crippen molar-refractivity contribution in [3.63, 3.8) is 0 Å². The Morgan fingerprint density at radius 2 is 1.77 bits per heavy atom. The highest BCUT2D eigenvalue weighted by molar-refractivity contribution is 7.89. The molecule has 1 amide bonds. The highest BCUT2D eigenvalue weighted by Gasteiger charge is 2.37. The average molecular weight is 387 g/mol. The van der Waals surface area contributed by atoms with Crippen LogP contribution in [0.3, 0.4) is 0 Å². The van der Waals surface area contributed by atoms with Crippen LogP contribution in [-0.4, -0.2) is 25.4 Å². The summed E-state index contributed by atoms with van der Waals surface area (Å²) in [6, 6.07) is 7.29. The molecule has 1 aromatic carbocycles. The van der Waals surface area contributed by atoms with Crippen LogP contribution in [0.1, 0.15) is 18.2 Å². The van der Waals surface area contributed by atoms with Gasteiger partial charge in [-0.25, -0.2) is 13.4 Å². The number of nitrogens with one attached hydrogen (secondary N) is 2. The number of nitrogens with zero attached hydrogens (tertiary/aromatic N) is 1. The first-order valence-corrected chi connectivity index (χ1v) is 8.92. The molecular formula is C16H16F3N3O3S. The minimum absolute atomic E-state index is 0.205. The van der Waals surface area contributed by atoms with Crippen molar-refractivity contribution in [2.24, 2.45) is 0 Å². The van der Waals surface area contributed by atoms with Gasteiger partial charge in [0.2, 0.25) is 15.9 Å². The van der Waals surface area contributed by atoms with Crippen molar-refractivity contribution in [1.82, 2.24) is 9.71 Å². The molecule has 1 heterocycles. The summed E-state index contributed by atoms with van der Waals surface area (Å²) in [7, 11) is -4.57. The number of anilines is 1. The molecule has 0 bridgehead atoms. The van der Waals surface area contributed by atoms with E-state index in [9.17, 15) is 26.4 Å². The van der Waals surface area contributed by atoms with Gasteiger partial charge >= 0.3 is 6.18 Å². The molecular weight excluding hydrogens is 371 g/mol. The summed E-state index contributed by atoms with van der Waals surface area (Å²) in [6.07, 6.45) is -4.84. The molecule has 0 spiro atoms. The number of carbonyl (C=O) groups excluding carboxylic acids is 1. The highest BCUT2D eigenvalue weighted by atomic mass is 32.2. The number of rotatable bonds is 5.